The van der Waals surface area contributed by atoms with Crippen LogP contribution < -0.4 is 11.3 Å². The average Bonchev–Trinajstić information content (AvgIpc) is 2.90. The van der Waals surface area contributed by atoms with Gasteiger partial charge in [0.05, 0.1) is 0 Å². The Morgan fingerprint density at radius 2 is 1.95 bits per heavy atom. The molecule has 2 saturated heterocycles. The highest BCUT2D eigenvalue weighted by Crippen LogP contribution is 2.31. The molecular formula is C15H22N4O. The van der Waals surface area contributed by atoms with Gasteiger partial charge in [0.1, 0.15) is 0 Å². The number of amides is 2. The molecule has 1 aromatic rings. The van der Waals surface area contributed by atoms with Gasteiger partial charge in [-0.2, -0.15) is 0 Å². The van der Waals surface area contributed by atoms with E-state index in [1.165, 1.54) is 12.0 Å². The van der Waals surface area contributed by atoms with Gasteiger partial charge in [-0.3, -0.25) is 10.3 Å². The van der Waals surface area contributed by atoms with E-state index in [0.717, 1.165) is 32.7 Å². The molecule has 0 aromatic heterocycles. The van der Waals surface area contributed by atoms with E-state index in [-0.39, 0.29) is 6.03 Å². The lowest BCUT2D eigenvalue weighted by atomic mass is 9.88. The van der Waals surface area contributed by atoms with Crippen LogP contribution in [-0.2, 0) is 6.54 Å². The van der Waals surface area contributed by atoms with Crippen molar-refractivity contribution in [1.29, 1.82) is 0 Å². The van der Waals surface area contributed by atoms with Crippen molar-refractivity contribution in [3.05, 3.63) is 35.9 Å². The number of hydrogen-bond donors (Lipinski definition) is 2. The van der Waals surface area contributed by atoms with Crippen LogP contribution in [0.2, 0.25) is 0 Å². The van der Waals surface area contributed by atoms with Gasteiger partial charge < -0.3 is 4.90 Å². The van der Waals surface area contributed by atoms with Crippen molar-refractivity contribution in [1.82, 2.24) is 15.2 Å². The van der Waals surface area contributed by atoms with Crippen LogP contribution in [0.5, 0.6) is 0 Å². The minimum absolute atomic E-state index is 0.144. The highest BCUT2D eigenvalue weighted by Gasteiger charge is 2.38. The van der Waals surface area contributed by atoms with Crippen molar-refractivity contribution in [3.8, 4) is 0 Å². The third-order valence-corrected chi connectivity index (χ3v) is 4.54. The molecule has 0 spiro atoms. The number of nitrogens with zero attached hydrogens (tertiary/aromatic N) is 2. The lowest BCUT2D eigenvalue weighted by Gasteiger charge is -2.34. The number of likely N-dealkylation sites (tertiary alicyclic amines) is 2. The first-order valence-electron chi connectivity index (χ1n) is 7.28. The van der Waals surface area contributed by atoms with E-state index >= 15 is 0 Å². The lowest BCUT2D eigenvalue weighted by molar-refractivity contribution is 0.142. The van der Waals surface area contributed by atoms with Gasteiger partial charge in [0.2, 0.25) is 0 Å². The second-order valence-electron chi connectivity index (χ2n) is 5.88. The Balaban J connectivity index is 1.57. The fraction of sp³-hybridized carbons (Fsp3) is 0.533. The fourth-order valence-electron chi connectivity index (χ4n) is 3.49. The van der Waals surface area contributed by atoms with Crippen molar-refractivity contribution in [2.75, 3.05) is 26.2 Å². The molecule has 2 fully saturated rings. The maximum absolute atomic E-state index is 11.6. The molecule has 3 rings (SSSR count). The van der Waals surface area contributed by atoms with E-state index in [1.807, 2.05) is 4.90 Å². The largest absolute Gasteiger partial charge is 0.331 e. The summed E-state index contributed by atoms with van der Waals surface area (Å²) < 4.78 is 0. The van der Waals surface area contributed by atoms with Crippen molar-refractivity contribution in [2.24, 2.45) is 17.7 Å². The number of nitrogens with two attached hydrogens (primary N) is 1. The number of carbonyl (C=O) groups is 1. The number of urea groups is 1. The van der Waals surface area contributed by atoms with Gasteiger partial charge in [0, 0.05) is 26.2 Å². The summed E-state index contributed by atoms with van der Waals surface area (Å²) in [7, 11) is 0. The topological polar surface area (TPSA) is 61.6 Å². The molecule has 2 amide bonds. The highest BCUT2D eigenvalue weighted by atomic mass is 16.2. The second kappa shape index (κ2) is 5.81. The number of rotatable bonds is 2. The SMILES string of the molecule is NNC(=O)N1CC2CCN(Cc3ccccc3)CC2C1. The molecule has 0 aliphatic carbocycles. The molecule has 1 aromatic carbocycles. The molecule has 2 atom stereocenters. The minimum Gasteiger partial charge on any atom is -0.323 e. The van der Waals surface area contributed by atoms with Gasteiger partial charge >= 0.3 is 6.03 Å². The maximum Gasteiger partial charge on any atom is 0.331 e. The molecule has 108 valence electrons. The normalized spacial score (nSPS) is 26.4. The first-order chi connectivity index (χ1) is 9.76. The molecule has 5 nitrogen and oxygen atoms in total. The molecule has 3 N–H and O–H groups in total. The Morgan fingerprint density at radius 3 is 2.70 bits per heavy atom. The van der Waals surface area contributed by atoms with Crippen LogP contribution in [0.25, 0.3) is 0 Å². The predicted molar refractivity (Wildman–Crippen MR) is 77.6 cm³/mol. The van der Waals surface area contributed by atoms with Gasteiger partial charge in [-0.1, -0.05) is 30.3 Å². The Labute approximate surface area is 119 Å². The van der Waals surface area contributed by atoms with Crippen molar-refractivity contribution < 1.29 is 4.79 Å². The van der Waals surface area contributed by atoms with Gasteiger partial charge in [0.25, 0.3) is 0 Å². The number of hydrazine groups is 1. The summed E-state index contributed by atoms with van der Waals surface area (Å²) in [5, 5.41) is 0. The summed E-state index contributed by atoms with van der Waals surface area (Å²) in [5.74, 6) is 6.45. The van der Waals surface area contributed by atoms with E-state index in [4.69, 9.17) is 5.84 Å². The molecule has 2 aliphatic rings. The van der Waals surface area contributed by atoms with Crippen LogP contribution in [0, 0.1) is 11.8 Å². The molecule has 0 bridgehead atoms. The van der Waals surface area contributed by atoms with Crippen LogP contribution in [0.1, 0.15) is 12.0 Å². The van der Waals surface area contributed by atoms with E-state index in [9.17, 15) is 4.79 Å². The first kappa shape index (κ1) is 13.4. The van der Waals surface area contributed by atoms with Gasteiger partial charge in [-0.15, -0.1) is 0 Å². The quantitative estimate of drug-likeness (QED) is 0.481. The Morgan fingerprint density at radius 1 is 1.20 bits per heavy atom. The summed E-state index contributed by atoms with van der Waals surface area (Å²) in [6, 6.07) is 10.4. The summed E-state index contributed by atoms with van der Waals surface area (Å²) in [6.07, 6.45) is 1.17. The summed E-state index contributed by atoms with van der Waals surface area (Å²) in [4.78, 5) is 16.0. The third-order valence-electron chi connectivity index (χ3n) is 4.54. The zero-order chi connectivity index (χ0) is 13.9. The number of benzene rings is 1. The van der Waals surface area contributed by atoms with Crippen molar-refractivity contribution in [3.63, 3.8) is 0 Å². The van der Waals surface area contributed by atoms with Crippen LogP contribution in [-0.4, -0.2) is 42.0 Å². The summed E-state index contributed by atoms with van der Waals surface area (Å²) in [6.45, 7) is 4.89. The van der Waals surface area contributed by atoms with Crippen molar-refractivity contribution in [2.45, 2.75) is 13.0 Å². The Kier molecular flexibility index (Phi) is 3.89. The maximum atomic E-state index is 11.6. The molecule has 5 heteroatoms. The number of piperidine rings is 1. The van der Waals surface area contributed by atoms with Crippen molar-refractivity contribution >= 4 is 6.03 Å². The number of nitrogens with one attached hydrogen (secondary N) is 1. The summed E-state index contributed by atoms with van der Waals surface area (Å²) >= 11 is 0. The average molecular weight is 274 g/mol. The van der Waals surface area contributed by atoms with Crippen LogP contribution in [0.15, 0.2) is 30.3 Å². The van der Waals surface area contributed by atoms with Gasteiger partial charge in [0.15, 0.2) is 0 Å². The number of carbonyl (C=O) groups excluding carboxylic acids is 1. The standard InChI is InChI=1S/C15H22N4O/c16-17-15(20)19-10-13-6-7-18(9-14(13)11-19)8-12-4-2-1-3-5-12/h1-5,13-14H,6-11,16H2,(H,17,20). The van der Waals surface area contributed by atoms with Gasteiger partial charge in [-0.05, 0) is 30.4 Å². The lowest BCUT2D eigenvalue weighted by Crippen LogP contribution is -2.42. The number of hydrogen-bond acceptors (Lipinski definition) is 3. The Hall–Kier alpha value is -1.59. The zero-order valence-corrected chi connectivity index (χ0v) is 11.7. The monoisotopic (exact) mass is 274 g/mol. The zero-order valence-electron chi connectivity index (χ0n) is 11.7. The molecule has 2 heterocycles. The molecule has 2 aliphatic heterocycles. The summed E-state index contributed by atoms with van der Waals surface area (Å²) in [5.41, 5.74) is 3.60. The molecule has 0 saturated carbocycles. The first-order valence-corrected chi connectivity index (χ1v) is 7.28. The van der Waals surface area contributed by atoms with Gasteiger partial charge in [-0.25, -0.2) is 10.6 Å². The predicted octanol–water partition coefficient (Wildman–Crippen LogP) is 1.02. The Bertz CT molecular complexity index is 464. The van der Waals surface area contributed by atoms with Crippen LogP contribution in [0.4, 0.5) is 4.79 Å². The number of fused-ring (bicyclic) bond motifs is 1. The van der Waals surface area contributed by atoms with E-state index in [1.54, 1.807) is 0 Å². The second-order valence-corrected chi connectivity index (χ2v) is 5.88. The van der Waals surface area contributed by atoms with E-state index in [2.05, 4.69) is 40.7 Å². The third kappa shape index (κ3) is 2.78. The van der Waals surface area contributed by atoms with E-state index in [0.29, 0.717) is 11.8 Å². The van der Waals surface area contributed by atoms with E-state index < -0.39 is 0 Å². The molecule has 2 unspecified atom stereocenters. The molecule has 0 radical (unpaired) electrons. The van der Waals surface area contributed by atoms with Crippen LogP contribution in [0.3, 0.4) is 0 Å². The minimum atomic E-state index is -0.144. The molecular weight excluding hydrogens is 252 g/mol. The smallest absolute Gasteiger partial charge is 0.323 e. The molecule has 20 heavy (non-hydrogen) atoms. The van der Waals surface area contributed by atoms with Crippen LogP contribution >= 0.6 is 0 Å². The highest BCUT2D eigenvalue weighted by molar-refractivity contribution is 5.73. The fourth-order valence-corrected chi connectivity index (χ4v) is 3.49.